The molecule has 2 aliphatic rings. The molecule has 3 aromatic carbocycles. The second kappa shape index (κ2) is 11.7. The number of benzene rings is 3. The molecular formula is C30H27N7O3S. The van der Waals surface area contributed by atoms with Crippen molar-refractivity contribution in [1.29, 1.82) is 10.8 Å². The summed E-state index contributed by atoms with van der Waals surface area (Å²) in [6.07, 6.45) is -1.16. The highest BCUT2D eigenvalue weighted by atomic mass is 32.1. The van der Waals surface area contributed by atoms with Gasteiger partial charge in [0.25, 0.3) is 11.9 Å². The third-order valence-electron chi connectivity index (χ3n) is 6.61. The molecule has 0 spiro atoms. The highest BCUT2D eigenvalue weighted by molar-refractivity contribution is 7.19. The van der Waals surface area contributed by atoms with Gasteiger partial charge in [0.15, 0.2) is 5.69 Å². The SMILES string of the molecule is N=C(N[C@H]1N=C(c2ccccc2)c2ccccc2NC1=O)OC(=N)c1nc(-c2ccccc2)sc1N1CCOCC1. The number of aliphatic imine (C=N–C) groups is 1. The molecule has 0 aliphatic carbocycles. The number of amides is 1. The van der Waals surface area contributed by atoms with Crippen LogP contribution < -0.4 is 15.5 Å². The van der Waals surface area contributed by atoms with Crippen molar-refractivity contribution < 1.29 is 14.3 Å². The summed E-state index contributed by atoms with van der Waals surface area (Å²) < 4.78 is 11.1. The van der Waals surface area contributed by atoms with Gasteiger partial charge in [0.2, 0.25) is 12.1 Å². The van der Waals surface area contributed by atoms with Crippen LogP contribution in [0, 0.1) is 10.8 Å². The molecule has 0 radical (unpaired) electrons. The number of morpholine rings is 1. The summed E-state index contributed by atoms with van der Waals surface area (Å²) in [5.41, 5.74) is 4.07. The van der Waals surface area contributed by atoms with Crippen LogP contribution in [0.25, 0.3) is 10.6 Å². The topological polar surface area (TPSA) is 136 Å². The highest BCUT2D eigenvalue weighted by Crippen LogP contribution is 2.35. The number of hydrogen-bond donors (Lipinski definition) is 4. The van der Waals surface area contributed by atoms with Gasteiger partial charge in [-0.1, -0.05) is 90.2 Å². The summed E-state index contributed by atoms with van der Waals surface area (Å²) in [6.45, 7) is 2.47. The van der Waals surface area contributed by atoms with Gasteiger partial charge in [-0.3, -0.25) is 15.6 Å². The molecule has 1 saturated heterocycles. The number of benzodiazepines with no additional fused rings is 1. The monoisotopic (exact) mass is 565 g/mol. The number of carbonyl (C=O) groups excluding carboxylic acids is 1. The average Bonchev–Trinajstić information content (AvgIpc) is 3.41. The summed E-state index contributed by atoms with van der Waals surface area (Å²) in [6, 6.07) is 26.2. The number of amidine groups is 1. The maximum Gasteiger partial charge on any atom is 0.290 e. The van der Waals surface area contributed by atoms with E-state index in [1.54, 1.807) is 0 Å². The summed E-state index contributed by atoms with van der Waals surface area (Å²) in [7, 11) is 0. The van der Waals surface area contributed by atoms with Crippen molar-refractivity contribution in [3.8, 4) is 10.6 Å². The fourth-order valence-corrected chi connectivity index (χ4v) is 5.75. The van der Waals surface area contributed by atoms with Crippen LogP contribution in [0.3, 0.4) is 0 Å². The zero-order valence-electron chi connectivity index (χ0n) is 22.0. The van der Waals surface area contributed by atoms with E-state index in [1.807, 2.05) is 84.9 Å². The van der Waals surface area contributed by atoms with Crippen LogP contribution in [0.4, 0.5) is 10.7 Å². The molecule has 6 rings (SSSR count). The first-order valence-corrected chi connectivity index (χ1v) is 13.9. The van der Waals surface area contributed by atoms with Crippen LogP contribution >= 0.6 is 11.3 Å². The average molecular weight is 566 g/mol. The summed E-state index contributed by atoms with van der Waals surface area (Å²) >= 11 is 1.47. The molecule has 10 nitrogen and oxygen atoms in total. The first-order chi connectivity index (χ1) is 20.1. The van der Waals surface area contributed by atoms with Crippen LogP contribution in [0.15, 0.2) is 89.9 Å². The molecule has 1 aromatic heterocycles. The Morgan fingerprint density at radius 1 is 0.951 bits per heavy atom. The van der Waals surface area contributed by atoms with Crippen molar-refractivity contribution >= 4 is 45.6 Å². The van der Waals surface area contributed by atoms with Gasteiger partial charge in [0.05, 0.1) is 24.6 Å². The molecule has 3 heterocycles. The number of para-hydroxylation sites is 1. The molecule has 1 atom stereocenters. The Bertz CT molecular complexity index is 1620. The maximum atomic E-state index is 13.2. The minimum Gasteiger partial charge on any atom is -0.405 e. The lowest BCUT2D eigenvalue weighted by Crippen LogP contribution is -2.43. The van der Waals surface area contributed by atoms with Crippen molar-refractivity contribution in [2.45, 2.75) is 6.17 Å². The van der Waals surface area contributed by atoms with Crippen LogP contribution in [-0.2, 0) is 14.3 Å². The van der Waals surface area contributed by atoms with E-state index in [1.165, 1.54) is 11.3 Å². The molecular weight excluding hydrogens is 538 g/mol. The Morgan fingerprint density at radius 2 is 1.61 bits per heavy atom. The highest BCUT2D eigenvalue weighted by Gasteiger charge is 2.29. The number of thiazole rings is 1. The lowest BCUT2D eigenvalue weighted by molar-refractivity contribution is -0.117. The largest absolute Gasteiger partial charge is 0.405 e. The van der Waals surface area contributed by atoms with E-state index in [0.29, 0.717) is 43.4 Å². The fourth-order valence-electron chi connectivity index (χ4n) is 4.63. The van der Waals surface area contributed by atoms with Gasteiger partial charge in [-0.25, -0.2) is 9.98 Å². The van der Waals surface area contributed by atoms with Gasteiger partial charge in [0.1, 0.15) is 10.0 Å². The molecule has 0 saturated carbocycles. The number of hydrogen-bond acceptors (Lipinski definition) is 9. The normalized spacial score (nSPS) is 16.6. The number of fused-ring (bicyclic) bond motifs is 1. The Labute approximate surface area is 240 Å². The van der Waals surface area contributed by atoms with Crippen LogP contribution in [0.1, 0.15) is 16.8 Å². The lowest BCUT2D eigenvalue weighted by Gasteiger charge is -2.27. The van der Waals surface area contributed by atoms with E-state index in [2.05, 4.69) is 20.5 Å². The third kappa shape index (κ3) is 5.72. The quantitative estimate of drug-likeness (QED) is 0.210. The molecule has 2 aliphatic heterocycles. The molecule has 0 bridgehead atoms. The van der Waals surface area contributed by atoms with E-state index >= 15 is 0 Å². The number of anilines is 2. The zero-order chi connectivity index (χ0) is 28.2. The third-order valence-corrected chi connectivity index (χ3v) is 7.77. The molecule has 1 amide bonds. The van der Waals surface area contributed by atoms with E-state index < -0.39 is 18.1 Å². The minimum atomic E-state index is -1.16. The Balaban J connectivity index is 1.25. The smallest absolute Gasteiger partial charge is 0.290 e. The van der Waals surface area contributed by atoms with Crippen molar-refractivity contribution in [2.24, 2.45) is 4.99 Å². The molecule has 4 N–H and O–H groups in total. The Kier molecular flexibility index (Phi) is 7.52. The first kappa shape index (κ1) is 26.4. The number of rotatable bonds is 5. The second-order valence-corrected chi connectivity index (χ2v) is 10.3. The number of nitrogens with one attached hydrogen (secondary N) is 4. The van der Waals surface area contributed by atoms with E-state index in [4.69, 9.17) is 25.3 Å². The number of nitrogens with zero attached hydrogens (tertiary/aromatic N) is 3. The lowest BCUT2D eigenvalue weighted by atomic mass is 10.0. The van der Waals surface area contributed by atoms with Crippen molar-refractivity contribution in [3.63, 3.8) is 0 Å². The van der Waals surface area contributed by atoms with E-state index in [9.17, 15) is 4.79 Å². The van der Waals surface area contributed by atoms with Crippen LogP contribution in [-0.4, -0.2) is 61.0 Å². The Hall–Kier alpha value is -4.87. The van der Waals surface area contributed by atoms with Gasteiger partial charge in [-0.2, -0.15) is 0 Å². The first-order valence-electron chi connectivity index (χ1n) is 13.1. The van der Waals surface area contributed by atoms with Gasteiger partial charge in [-0.15, -0.1) is 0 Å². The van der Waals surface area contributed by atoms with Gasteiger partial charge >= 0.3 is 0 Å². The van der Waals surface area contributed by atoms with Crippen LogP contribution in [0.5, 0.6) is 0 Å². The number of aromatic nitrogens is 1. The fraction of sp³-hybridized carbons (Fsp3) is 0.167. The molecule has 206 valence electrons. The van der Waals surface area contributed by atoms with Gasteiger partial charge in [0, 0.05) is 29.8 Å². The van der Waals surface area contributed by atoms with E-state index in [0.717, 1.165) is 26.7 Å². The molecule has 41 heavy (non-hydrogen) atoms. The van der Waals surface area contributed by atoms with Crippen molar-refractivity contribution in [3.05, 3.63) is 102 Å². The second-order valence-electron chi connectivity index (χ2n) is 9.32. The predicted molar refractivity (Wildman–Crippen MR) is 160 cm³/mol. The number of carbonyl (C=O) groups is 1. The summed E-state index contributed by atoms with van der Waals surface area (Å²) in [4.78, 5) is 24.7. The predicted octanol–water partition coefficient (Wildman–Crippen LogP) is 4.33. The number of ether oxygens (including phenoxy) is 2. The van der Waals surface area contributed by atoms with Crippen LogP contribution in [0.2, 0.25) is 0 Å². The van der Waals surface area contributed by atoms with Crippen molar-refractivity contribution in [2.75, 3.05) is 36.5 Å². The minimum absolute atomic E-state index is 0.299. The zero-order valence-corrected chi connectivity index (χ0v) is 22.8. The molecule has 11 heteroatoms. The van der Waals surface area contributed by atoms with Crippen molar-refractivity contribution in [1.82, 2.24) is 10.3 Å². The van der Waals surface area contributed by atoms with Gasteiger partial charge < -0.3 is 25.0 Å². The summed E-state index contributed by atoms with van der Waals surface area (Å²) in [5.74, 6) is -0.746. The summed E-state index contributed by atoms with van der Waals surface area (Å²) in [5, 5.41) is 24.4. The molecule has 0 unspecified atom stereocenters. The molecule has 1 fully saturated rings. The van der Waals surface area contributed by atoms with E-state index in [-0.39, 0.29) is 5.90 Å². The standard InChI is InChI=1S/C30H27N7O3S/c31-25(24-29(37-15-17-39-18-16-37)41-28(35-24)20-11-5-2-6-12-20)40-30(32)36-26-27(38)33-22-14-8-7-13-21(22)23(34-26)19-9-3-1-4-10-19/h1-14,26,31H,15-18H2,(H2,32,36)(H,33,38)/t26-/m1/s1. The van der Waals surface area contributed by atoms with Gasteiger partial charge in [-0.05, 0) is 6.07 Å². The maximum absolute atomic E-state index is 13.2. The Morgan fingerprint density at radius 3 is 2.34 bits per heavy atom. The molecule has 4 aromatic rings.